The Labute approximate surface area is 140 Å². The number of aliphatic imine (C=N–C) groups is 1. The fraction of sp³-hybridized carbons (Fsp3) is 0.353. The van der Waals surface area contributed by atoms with Gasteiger partial charge in [-0.05, 0) is 48.3 Å². The van der Waals surface area contributed by atoms with Crippen molar-refractivity contribution in [3.63, 3.8) is 0 Å². The number of rotatable bonds is 6. The van der Waals surface area contributed by atoms with E-state index < -0.39 is 0 Å². The van der Waals surface area contributed by atoms with Crippen molar-refractivity contribution in [2.24, 2.45) is 4.99 Å². The molecule has 1 atom stereocenters. The third-order valence-corrected chi connectivity index (χ3v) is 4.58. The molecule has 0 amide bonds. The molecule has 5 heteroatoms. The monoisotopic (exact) mass is 334 g/mol. The van der Waals surface area contributed by atoms with Crippen molar-refractivity contribution in [2.45, 2.75) is 19.0 Å². The average molecular weight is 335 g/mol. The maximum atomic E-state index is 5.94. The minimum atomic E-state index is 0.293. The van der Waals surface area contributed by atoms with Gasteiger partial charge in [0, 0.05) is 17.8 Å². The van der Waals surface area contributed by atoms with Crippen LogP contribution in [0.1, 0.15) is 17.7 Å². The van der Waals surface area contributed by atoms with Crippen LogP contribution in [-0.2, 0) is 11.3 Å². The summed E-state index contributed by atoms with van der Waals surface area (Å²) in [7, 11) is 0. The maximum Gasteiger partial charge on any atom is 0.233 e. The first-order valence-electron chi connectivity index (χ1n) is 7.36. The van der Waals surface area contributed by atoms with Gasteiger partial charge >= 0.3 is 0 Å². The molecule has 1 aliphatic heterocycles. The summed E-state index contributed by atoms with van der Waals surface area (Å²) in [6.45, 7) is 1.49. The smallest absolute Gasteiger partial charge is 0.233 e. The van der Waals surface area contributed by atoms with E-state index in [1.54, 1.807) is 0 Å². The zero-order valence-corrected chi connectivity index (χ0v) is 14.1. The zero-order valence-electron chi connectivity index (χ0n) is 12.5. The first kappa shape index (κ1) is 15.5. The lowest BCUT2D eigenvalue weighted by molar-refractivity contribution is 0.314. The summed E-state index contributed by atoms with van der Waals surface area (Å²) >= 11 is 7.79. The van der Waals surface area contributed by atoms with Crippen LogP contribution in [0.4, 0.5) is 0 Å². The Morgan fingerprint density at radius 3 is 2.91 bits per heavy atom. The van der Waals surface area contributed by atoms with Crippen LogP contribution < -0.4 is 0 Å². The molecule has 3 nitrogen and oxygen atoms in total. The van der Waals surface area contributed by atoms with Gasteiger partial charge in [0.2, 0.25) is 5.90 Å². The Bertz CT molecular complexity index is 651. The molecule has 3 rings (SSSR count). The quantitative estimate of drug-likeness (QED) is 0.795. The highest BCUT2D eigenvalue weighted by Crippen LogP contribution is 2.18. The van der Waals surface area contributed by atoms with Gasteiger partial charge < -0.3 is 9.30 Å². The van der Waals surface area contributed by atoms with E-state index in [0.717, 1.165) is 35.3 Å². The van der Waals surface area contributed by atoms with Gasteiger partial charge in [-0.3, -0.25) is 0 Å². The second kappa shape index (κ2) is 7.25. The Kier molecular flexibility index (Phi) is 5.11. The van der Waals surface area contributed by atoms with Crippen LogP contribution in [0.3, 0.4) is 0 Å². The van der Waals surface area contributed by atoms with Gasteiger partial charge in [0.05, 0.1) is 6.04 Å². The van der Waals surface area contributed by atoms with Crippen molar-refractivity contribution in [1.29, 1.82) is 0 Å². The lowest BCUT2D eigenvalue weighted by Gasteiger charge is -2.09. The average Bonchev–Trinajstić information content (AvgIpc) is 3.16. The Morgan fingerprint density at radius 1 is 1.32 bits per heavy atom. The van der Waals surface area contributed by atoms with Gasteiger partial charge in [-0.15, -0.1) is 0 Å². The molecule has 1 unspecified atom stereocenters. The van der Waals surface area contributed by atoms with Crippen molar-refractivity contribution in [1.82, 2.24) is 4.57 Å². The number of thioether (sulfide) groups is 1. The van der Waals surface area contributed by atoms with Crippen LogP contribution in [0.15, 0.2) is 47.6 Å². The van der Waals surface area contributed by atoms with Gasteiger partial charge in [-0.1, -0.05) is 23.7 Å². The van der Waals surface area contributed by atoms with Crippen molar-refractivity contribution < 1.29 is 4.74 Å². The van der Waals surface area contributed by atoms with Gasteiger partial charge in [0.25, 0.3) is 0 Å². The number of ether oxygens (including phenoxy) is 1. The first-order chi connectivity index (χ1) is 10.8. The highest BCUT2D eigenvalue weighted by atomic mass is 35.5. The summed E-state index contributed by atoms with van der Waals surface area (Å²) in [5, 5.41) is 0.761. The molecule has 0 aliphatic carbocycles. The van der Waals surface area contributed by atoms with Crippen LogP contribution in [0.25, 0.3) is 0 Å². The molecule has 1 aliphatic rings. The number of aromatic nitrogens is 1. The fourth-order valence-electron chi connectivity index (χ4n) is 2.49. The minimum Gasteiger partial charge on any atom is -0.474 e. The fourth-order valence-corrected chi connectivity index (χ4v) is 3.12. The summed E-state index contributed by atoms with van der Waals surface area (Å²) in [6.07, 6.45) is 5.26. The molecule has 1 aromatic carbocycles. The molecule has 0 bridgehead atoms. The molecule has 0 N–H and O–H groups in total. The summed E-state index contributed by atoms with van der Waals surface area (Å²) in [4.78, 5) is 4.72. The van der Waals surface area contributed by atoms with Crippen molar-refractivity contribution in [2.75, 3.05) is 18.6 Å². The van der Waals surface area contributed by atoms with Gasteiger partial charge in [-0.2, -0.15) is 11.8 Å². The third kappa shape index (κ3) is 3.68. The van der Waals surface area contributed by atoms with Gasteiger partial charge in [0.1, 0.15) is 12.3 Å². The Morgan fingerprint density at radius 2 is 2.14 bits per heavy atom. The zero-order chi connectivity index (χ0) is 15.4. The van der Waals surface area contributed by atoms with E-state index >= 15 is 0 Å². The topological polar surface area (TPSA) is 26.5 Å². The molecule has 0 radical (unpaired) electrons. The molecular formula is C17H19ClN2OS. The number of hydrogen-bond acceptors (Lipinski definition) is 3. The standard InChI is InChI=1S/C17H19ClN2OS/c1-22-10-8-15-12-21-17(19-15)16-3-2-9-20(16)11-13-4-6-14(18)7-5-13/h2-7,9,15H,8,10-12H2,1H3. The third-order valence-electron chi connectivity index (χ3n) is 3.68. The van der Waals surface area contributed by atoms with Crippen LogP contribution in [-0.4, -0.2) is 35.1 Å². The summed E-state index contributed by atoms with van der Waals surface area (Å²) in [5.41, 5.74) is 2.25. The maximum absolute atomic E-state index is 5.94. The second-order valence-corrected chi connectivity index (χ2v) is 6.75. The lowest BCUT2D eigenvalue weighted by atomic mass is 10.2. The molecule has 0 saturated heterocycles. The minimum absolute atomic E-state index is 0.293. The number of benzene rings is 1. The molecule has 0 fully saturated rings. The Hall–Kier alpha value is -1.39. The number of hydrogen-bond donors (Lipinski definition) is 0. The molecule has 2 aromatic rings. The highest BCUT2D eigenvalue weighted by molar-refractivity contribution is 7.98. The SMILES string of the molecule is CSCCC1COC(c2cccn2Cc2ccc(Cl)cc2)=N1. The van der Waals surface area contributed by atoms with E-state index in [-0.39, 0.29) is 0 Å². The van der Waals surface area contributed by atoms with E-state index in [9.17, 15) is 0 Å². The normalized spacial score (nSPS) is 17.4. The van der Waals surface area contributed by atoms with Crippen molar-refractivity contribution >= 4 is 29.3 Å². The van der Waals surface area contributed by atoms with E-state index in [2.05, 4.69) is 23.1 Å². The summed E-state index contributed by atoms with van der Waals surface area (Å²) in [6, 6.07) is 12.3. The van der Waals surface area contributed by atoms with Crippen molar-refractivity contribution in [3.8, 4) is 0 Å². The second-order valence-electron chi connectivity index (χ2n) is 5.33. The Balaban J connectivity index is 1.73. The first-order valence-corrected chi connectivity index (χ1v) is 9.13. The van der Waals surface area contributed by atoms with E-state index in [4.69, 9.17) is 21.3 Å². The molecular weight excluding hydrogens is 316 g/mol. The number of halogens is 1. The molecule has 0 spiro atoms. The molecule has 1 aromatic heterocycles. The predicted molar refractivity (Wildman–Crippen MR) is 94.3 cm³/mol. The molecule has 116 valence electrons. The van der Waals surface area contributed by atoms with Crippen LogP contribution >= 0.6 is 23.4 Å². The predicted octanol–water partition coefficient (Wildman–Crippen LogP) is 4.09. The largest absolute Gasteiger partial charge is 0.474 e. The lowest BCUT2D eigenvalue weighted by Crippen LogP contribution is -2.10. The van der Waals surface area contributed by atoms with Crippen LogP contribution in [0.2, 0.25) is 5.02 Å². The highest BCUT2D eigenvalue weighted by Gasteiger charge is 2.21. The summed E-state index contributed by atoms with van der Waals surface area (Å²) in [5.74, 6) is 1.89. The van der Waals surface area contributed by atoms with Crippen LogP contribution in [0, 0.1) is 0 Å². The summed E-state index contributed by atoms with van der Waals surface area (Å²) < 4.78 is 7.97. The van der Waals surface area contributed by atoms with Crippen LogP contribution in [0.5, 0.6) is 0 Å². The van der Waals surface area contributed by atoms with Gasteiger partial charge in [0.15, 0.2) is 0 Å². The van der Waals surface area contributed by atoms with E-state index in [1.807, 2.05) is 42.1 Å². The van der Waals surface area contributed by atoms with Crippen molar-refractivity contribution in [3.05, 3.63) is 58.9 Å². The molecule has 22 heavy (non-hydrogen) atoms. The molecule has 0 saturated carbocycles. The number of nitrogens with zero attached hydrogens (tertiary/aromatic N) is 2. The van der Waals surface area contributed by atoms with Gasteiger partial charge in [-0.25, -0.2) is 4.99 Å². The van der Waals surface area contributed by atoms with E-state index in [0.29, 0.717) is 12.6 Å². The molecule has 2 heterocycles. The van der Waals surface area contributed by atoms with E-state index in [1.165, 1.54) is 5.56 Å².